The standard InChI is InChI=1S/C13H12N4O3/c1-16-9-11(17(19)20)7-12(16)13(18)15-14-8-10-5-3-2-4-6-10/h2-9H,1H3,(H,15,18)/b14-8+. The summed E-state index contributed by atoms with van der Waals surface area (Å²) in [7, 11) is 1.56. The SMILES string of the molecule is Cn1cc([N+](=O)[O-])cc1C(=O)N/N=C/c1ccccc1. The minimum absolute atomic E-state index is 0.135. The van der Waals surface area contributed by atoms with Gasteiger partial charge in [0.2, 0.25) is 0 Å². The quantitative estimate of drug-likeness (QED) is 0.521. The largest absolute Gasteiger partial charge is 0.340 e. The van der Waals surface area contributed by atoms with E-state index in [9.17, 15) is 14.9 Å². The number of hydrogen-bond donors (Lipinski definition) is 1. The summed E-state index contributed by atoms with van der Waals surface area (Å²) in [5, 5.41) is 14.4. The second kappa shape index (κ2) is 5.79. The Morgan fingerprint density at radius 2 is 2.10 bits per heavy atom. The molecule has 1 N–H and O–H groups in total. The van der Waals surface area contributed by atoms with Crippen LogP contribution in [0.1, 0.15) is 16.1 Å². The minimum Gasteiger partial charge on any atom is -0.340 e. The van der Waals surface area contributed by atoms with Gasteiger partial charge in [0.15, 0.2) is 0 Å². The molecule has 0 saturated heterocycles. The average molecular weight is 272 g/mol. The van der Waals surface area contributed by atoms with Crippen LogP contribution in [0.4, 0.5) is 5.69 Å². The molecule has 102 valence electrons. The lowest BCUT2D eigenvalue weighted by molar-refractivity contribution is -0.384. The molecule has 0 atom stereocenters. The van der Waals surface area contributed by atoms with E-state index in [1.165, 1.54) is 23.0 Å². The van der Waals surface area contributed by atoms with E-state index in [2.05, 4.69) is 10.5 Å². The predicted molar refractivity (Wildman–Crippen MR) is 73.6 cm³/mol. The summed E-state index contributed by atoms with van der Waals surface area (Å²) < 4.78 is 1.38. The Balaban J connectivity index is 2.05. The van der Waals surface area contributed by atoms with Gasteiger partial charge in [0.05, 0.1) is 17.3 Å². The fraction of sp³-hybridized carbons (Fsp3) is 0.0769. The number of aromatic nitrogens is 1. The van der Waals surface area contributed by atoms with E-state index in [0.717, 1.165) is 5.56 Å². The molecule has 0 aliphatic rings. The van der Waals surface area contributed by atoms with Crippen LogP contribution in [0.3, 0.4) is 0 Å². The molecule has 20 heavy (non-hydrogen) atoms. The summed E-state index contributed by atoms with van der Waals surface area (Å²) >= 11 is 0. The fourth-order valence-corrected chi connectivity index (χ4v) is 1.63. The van der Waals surface area contributed by atoms with Crippen molar-refractivity contribution in [2.75, 3.05) is 0 Å². The maximum absolute atomic E-state index is 11.8. The molecular weight excluding hydrogens is 260 g/mol. The lowest BCUT2D eigenvalue weighted by Crippen LogP contribution is -2.20. The third-order valence-electron chi connectivity index (χ3n) is 2.61. The molecule has 1 amide bonds. The molecule has 2 aromatic rings. The monoisotopic (exact) mass is 272 g/mol. The molecule has 0 unspecified atom stereocenters. The van der Waals surface area contributed by atoms with E-state index in [1.807, 2.05) is 30.3 Å². The molecule has 0 aliphatic carbocycles. The van der Waals surface area contributed by atoms with Gasteiger partial charge in [-0.05, 0) is 5.56 Å². The van der Waals surface area contributed by atoms with Crippen LogP contribution in [0.25, 0.3) is 0 Å². The van der Waals surface area contributed by atoms with E-state index in [-0.39, 0.29) is 11.4 Å². The van der Waals surface area contributed by atoms with Gasteiger partial charge in [0.25, 0.3) is 11.6 Å². The number of carbonyl (C=O) groups is 1. The summed E-state index contributed by atoms with van der Waals surface area (Å²) in [6.07, 6.45) is 2.77. The minimum atomic E-state index is -0.552. The Bertz CT molecular complexity index is 662. The van der Waals surface area contributed by atoms with Gasteiger partial charge in [-0.15, -0.1) is 0 Å². The van der Waals surface area contributed by atoms with E-state index >= 15 is 0 Å². The molecular formula is C13H12N4O3. The number of nitro groups is 1. The van der Waals surface area contributed by atoms with Crippen LogP contribution < -0.4 is 5.43 Å². The number of rotatable bonds is 4. The molecule has 0 fully saturated rings. The summed E-state index contributed by atoms with van der Waals surface area (Å²) in [6, 6.07) is 10.5. The zero-order chi connectivity index (χ0) is 14.5. The highest BCUT2D eigenvalue weighted by Crippen LogP contribution is 2.14. The van der Waals surface area contributed by atoms with Gasteiger partial charge >= 0.3 is 0 Å². The number of benzene rings is 1. The van der Waals surface area contributed by atoms with Crippen molar-refractivity contribution in [1.29, 1.82) is 0 Å². The first kappa shape index (κ1) is 13.5. The number of hydrazone groups is 1. The first-order valence-electron chi connectivity index (χ1n) is 5.77. The first-order valence-corrected chi connectivity index (χ1v) is 5.77. The van der Waals surface area contributed by atoms with Crippen molar-refractivity contribution in [2.45, 2.75) is 0 Å². The molecule has 0 spiro atoms. The van der Waals surface area contributed by atoms with E-state index in [1.54, 1.807) is 7.05 Å². The average Bonchev–Trinajstić information content (AvgIpc) is 2.82. The molecule has 0 aliphatic heterocycles. The highest BCUT2D eigenvalue weighted by atomic mass is 16.6. The normalized spacial score (nSPS) is 10.7. The van der Waals surface area contributed by atoms with E-state index in [0.29, 0.717) is 0 Å². The molecule has 1 aromatic carbocycles. The van der Waals surface area contributed by atoms with Crippen LogP contribution in [0, 0.1) is 10.1 Å². The maximum Gasteiger partial charge on any atom is 0.288 e. The van der Waals surface area contributed by atoms with Crippen LogP contribution in [0.15, 0.2) is 47.7 Å². The summed E-state index contributed by atoms with van der Waals surface area (Å²) in [5.74, 6) is -0.507. The molecule has 7 heteroatoms. The molecule has 1 aromatic heterocycles. The van der Waals surface area contributed by atoms with Crippen molar-refractivity contribution in [3.05, 3.63) is 64.0 Å². The van der Waals surface area contributed by atoms with Crippen molar-refractivity contribution in [1.82, 2.24) is 9.99 Å². The van der Waals surface area contributed by atoms with E-state index < -0.39 is 10.8 Å². The second-order valence-electron chi connectivity index (χ2n) is 4.06. The molecule has 1 heterocycles. The van der Waals surface area contributed by atoms with Gasteiger partial charge in [0.1, 0.15) is 5.69 Å². The molecule has 2 rings (SSSR count). The van der Waals surface area contributed by atoms with Gasteiger partial charge in [-0.3, -0.25) is 14.9 Å². The van der Waals surface area contributed by atoms with Crippen LogP contribution in [-0.2, 0) is 7.05 Å². The summed E-state index contributed by atoms with van der Waals surface area (Å²) in [5.41, 5.74) is 3.20. The Morgan fingerprint density at radius 1 is 1.40 bits per heavy atom. The Labute approximate surface area is 114 Å². The molecule has 0 radical (unpaired) electrons. The highest BCUT2D eigenvalue weighted by Gasteiger charge is 2.16. The topological polar surface area (TPSA) is 89.5 Å². The van der Waals surface area contributed by atoms with Crippen LogP contribution in [-0.4, -0.2) is 21.6 Å². The smallest absolute Gasteiger partial charge is 0.288 e. The second-order valence-corrected chi connectivity index (χ2v) is 4.06. The lowest BCUT2D eigenvalue weighted by Gasteiger charge is -1.99. The van der Waals surface area contributed by atoms with Crippen LogP contribution in [0.5, 0.6) is 0 Å². The lowest BCUT2D eigenvalue weighted by atomic mass is 10.2. The number of aryl methyl sites for hydroxylation is 1. The van der Waals surface area contributed by atoms with Crippen molar-refractivity contribution in [3.63, 3.8) is 0 Å². The van der Waals surface area contributed by atoms with Gasteiger partial charge < -0.3 is 4.57 Å². The number of hydrogen-bond acceptors (Lipinski definition) is 4. The van der Waals surface area contributed by atoms with Gasteiger partial charge in [-0.25, -0.2) is 5.43 Å². The van der Waals surface area contributed by atoms with Crippen LogP contribution in [0.2, 0.25) is 0 Å². The summed E-state index contributed by atoms with van der Waals surface area (Å²) in [4.78, 5) is 21.9. The van der Waals surface area contributed by atoms with Crippen molar-refractivity contribution in [3.8, 4) is 0 Å². The third kappa shape index (κ3) is 3.08. The summed E-state index contributed by atoms with van der Waals surface area (Å²) in [6.45, 7) is 0. The van der Waals surface area contributed by atoms with Gasteiger partial charge in [-0.2, -0.15) is 5.10 Å². The zero-order valence-corrected chi connectivity index (χ0v) is 10.7. The fourth-order valence-electron chi connectivity index (χ4n) is 1.63. The predicted octanol–water partition coefficient (Wildman–Crippen LogP) is 1.70. The maximum atomic E-state index is 11.8. The zero-order valence-electron chi connectivity index (χ0n) is 10.7. The van der Waals surface area contributed by atoms with Crippen LogP contribution >= 0.6 is 0 Å². The molecule has 0 bridgehead atoms. The van der Waals surface area contributed by atoms with Crippen molar-refractivity contribution < 1.29 is 9.72 Å². The van der Waals surface area contributed by atoms with Gasteiger partial charge in [-0.1, -0.05) is 30.3 Å². The Kier molecular flexibility index (Phi) is 3.90. The van der Waals surface area contributed by atoms with Crippen molar-refractivity contribution in [2.24, 2.45) is 12.1 Å². The number of amides is 1. The number of nitrogens with one attached hydrogen (secondary N) is 1. The number of carbonyl (C=O) groups excluding carboxylic acids is 1. The Hall–Kier alpha value is -2.96. The third-order valence-corrected chi connectivity index (χ3v) is 2.61. The highest BCUT2D eigenvalue weighted by molar-refractivity contribution is 5.94. The van der Waals surface area contributed by atoms with E-state index in [4.69, 9.17) is 0 Å². The number of nitrogens with zero attached hydrogens (tertiary/aromatic N) is 3. The molecule has 7 nitrogen and oxygen atoms in total. The van der Waals surface area contributed by atoms with Crippen molar-refractivity contribution >= 4 is 17.8 Å². The first-order chi connectivity index (χ1) is 9.58. The molecule has 0 saturated carbocycles. The van der Waals surface area contributed by atoms with Gasteiger partial charge in [0, 0.05) is 13.1 Å². The Morgan fingerprint density at radius 3 is 2.70 bits per heavy atom.